The van der Waals surface area contributed by atoms with Gasteiger partial charge in [-0.05, 0) is 12.1 Å². The van der Waals surface area contributed by atoms with Crippen molar-refractivity contribution >= 4 is 17.3 Å². The van der Waals surface area contributed by atoms with Gasteiger partial charge in [0.1, 0.15) is 17.8 Å². The summed E-state index contributed by atoms with van der Waals surface area (Å²) in [6.45, 7) is 1.05. The maximum atomic E-state index is 11.0. The molecular formula is C13H16N2O6. The Bertz CT molecular complexity index is 550. The predicted molar refractivity (Wildman–Crippen MR) is 73.9 cm³/mol. The first kappa shape index (κ1) is 15.2. The van der Waals surface area contributed by atoms with Crippen LogP contribution in [0.5, 0.6) is 0 Å². The number of rotatable bonds is 5. The number of carboxylic acid groups (broad SMARTS) is 1. The molecule has 21 heavy (non-hydrogen) atoms. The second-order valence-electron chi connectivity index (χ2n) is 4.72. The molecular weight excluding hydrogens is 280 g/mol. The third-order valence-electron chi connectivity index (χ3n) is 3.59. The fourth-order valence-electron chi connectivity index (χ4n) is 2.46. The molecule has 0 saturated carbocycles. The summed E-state index contributed by atoms with van der Waals surface area (Å²) in [5.74, 6) is -1.32. The molecule has 0 aliphatic carbocycles. The number of hydrogen-bond acceptors (Lipinski definition) is 6. The van der Waals surface area contributed by atoms with Crippen LogP contribution in [0.1, 0.15) is 10.4 Å². The minimum absolute atomic E-state index is 0.131. The van der Waals surface area contributed by atoms with E-state index < -0.39 is 16.6 Å². The molecule has 114 valence electrons. The van der Waals surface area contributed by atoms with Gasteiger partial charge in [0, 0.05) is 39.1 Å². The second kappa shape index (κ2) is 6.06. The Morgan fingerprint density at radius 3 is 2.33 bits per heavy atom. The van der Waals surface area contributed by atoms with Gasteiger partial charge < -0.3 is 19.5 Å². The minimum atomic E-state index is -1.32. The van der Waals surface area contributed by atoms with Crippen LogP contribution < -0.4 is 4.90 Å². The minimum Gasteiger partial charge on any atom is -0.477 e. The van der Waals surface area contributed by atoms with E-state index in [0.717, 1.165) is 0 Å². The van der Waals surface area contributed by atoms with Crippen molar-refractivity contribution in [1.29, 1.82) is 0 Å². The Labute approximate surface area is 121 Å². The molecule has 0 spiro atoms. The summed E-state index contributed by atoms with van der Waals surface area (Å²) in [4.78, 5) is 23.2. The largest absolute Gasteiger partial charge is 0.477 e. The lowest BCUT2D eigenvalue weighted by Gasteiger charge is -2.18. The van der Waals surface area contributed by atoms with Crippen molar-refractivity contribution in [3.8, 4) is 0 Å². The number of ether oxygens (including phenoxy) is 2. The Hall–Kier alpha value is -2.19. The van der Waals surface area contributed by atoms with Gasteiger partial charge in [-0.1, -0.05) is 0 Å². The van der Waals surface area contributed by atoms with E-state index in [4.69, 9.17) is 14.6 Å². The molecule has 0 aromatic heterocycles. The summed E-state index contributed by atoms with van der Waals surface area (Å²) in [7, 11) is 3.16. The highest BCUT2D eigenvalue weighted by molar-refractivity contribution is 5.93. The van der Waals surface area contributed by atoms with E-state index in [9.17, 15) is 14.9 Å². The third kappa shape index (κ3) is 2.96. The van der Waals surface area contributed by atoms with Gasteiger partial charge in [-0.3, -0.25) is 10.1 Å². The molecule has 1 aliphatic heterocycles. The summed E-state index contributed by atoms with van der Waals surface area (Å²) < 4.78 is 10.6. The van der Waals surface area contributed by atoms with E-state index >= 15 is 0 Å². The summed E-state index contributed by atoms with van der Waals surface area (Å²) in [6, 6.07) is 4.08. The van der Waals surface area contributed by atoms with Crippen molar-refractivity contribution in [2.45, 2.75) is 12.2 Å². The van der Waals surface area contributed by atoms with Crippen LogP contribution in [0.2, 0.25) is 0 Å². The molecule has 2 rings (SSSR count). The zero-order chi connectivity index (χ0) is 15.6. The number of nitro groups is 1. The standard InChI is InChI=1S/C13H16N2O6/c1-20-11-6-14(7-12(11)21-2)8-3-4-9(13(16)17)10(5-8)15(18)19/h3-5,11-12H,6-7H2,1-2H3,(H,16,17). The van der Waals surface area contributed by atoms with Crippen LogP contribution in [0.4, 0.5) is 11.4 Å². The molecule has 2 atom stereocenters. The van der Waals surface area contributed by atoms with Crippen LogP contribution in [-0.4, -0.2) is 55.5 Å². The average molecular weight is 296 g/mol. The highest BCUT2D eigenvalue weighted by Gasteiger charge is 2.34. The average Bonchev–Trinajstić information content (AvgIpc) is 2.89. The molecule has 0 amide bonds. The molecule has 8 heteroatoms. The van der Waals surface area contributed by atoms with Crippen LogP contribution in [-0.2, 0) is 9.47 Å². The molecule has 1 aromatic carbocycles. The number of benzene rings is 1. The van der Waals surface area contributed by atoms with Crippen LogP contribution >= 0.6 is 0 Å². The highest BCUT2D eigenvalue weighted by atomic mass is 16.6. The van der Waals surface area contributed by atoms with E-state index in [1.807, 2.05) is 4.90 Å². The number of nitro benzene ring substituents is 1. The van der Waals surface area contributed by atoms with Crippen molar-refractivity contribution in [2.24, 2.45) is 0 Å². The number of aromatic carboxylic acids is 1. The molecule has 1 saturated heterocycles. The number of hydrogen-bond donors (Lipinski definition) is 1. The van der Waals surface area contributed by atoms with Gasteiger partial charge in [0.2, 0.25) is 0 Å². The molecule has 1 heterocycles. The van der Waals surface area contributed by atoms with Crippen molar-refractivity contribution in [2.75, 3.05) is 32.2 Å². The Balaban J connectivity index is 2.31. The molecule has 0 bridgehead atoms. The van der Waals surface area contributed by atoms with Crippen LogP contribution in [0.25, 0.3) is 0 Å². The van der Waals surface area contributed by atoms with Gasteiger partial charge in [-0.25, -0.2) is 4.79 Å². The van der Waals surface area contributed by atoms with E-state index in [1.165, 1.54) is 12.1 Å². The van der Waals surface area contributed by atoms with Crippen LogP contribution in [0.15, 0.2) is 18.2 Å². The van der Waals surface area contributed by atoms with Gasteiger partial charge in [0.15, 0.2) is 0 Å². The zero-order valence-corrected chi connectivity index (χ0v) is 11.7. The van der Waals surface area contributed by atoms with Gasteiger partial charge >= 0.3 is 5.97 Å². The molecule has 1 aromatic rings. The highest BCUT2D eigenvalue weighted by Crippen LogP contribution is 2.29. The maximum absolute atomic E-state index is 11.0. The van der Waals surface area contributed by atoms with Crippen LogP contribution in [0.3, 0.4) is 0 Å². The third-order valence-corrected chi connectivity index (χ3v) is 3.59. The number of nitrogens with zero attached hydrogens (tertiary/aromatic N) is 2. The quantitative estimate of drug-likeness (QED) is 0.642. The second-order valence-corrected chi connectivity index (χ2v) is 4.72. The summed E-state index contributed by atoms with van der Waals surface area (Å²) in [6.07, 6.45) is -0.263. The summed E-state index contributed by atoms with van der Waals surface area (Å²) in [5.41, 5.74) is -0.169. The smallest absolute Gasteiger partial charge is 0.342 e. The normalized spacial score (nSPS) is 21.5. The van der Waals surface area contributed by atoms with Crippen molar-refractivity contribution < 1.29 is 24.3 Å². The molecule has 1 aliphatic rings. The fraction of sp³-hybridized carbons (Fsp3) is 0.462. The SMILES string of the molecule is COC1CN(c2ccc(C(=O)O)c([N+](=O)[O-])c2)CC1OC. The Kier molecular flexibility index (Phi) is 4.39. The number of methoxy groups -OCH3 is 2. The predicted octanol–water partition coefficient (Wildman–Crippen LogP) is 1.14. The number of carbonyl (C=O) groups is 1. The van der Waals surface area contributed by atoms with Crippen LogP contribution in [0, 0.1) is 10.1 Å². The van der Waals surface area contributed by atoms with E-state index in [1.54, 1.807) is 20.3 Å². The number of carboxylic acids is 1. The van der Waals surface area contributed by atoms with Gasteiger partial charge in [0.25, 0.3) is 5.69 Å². The first-order valence-corrected chi connectivity index (χ1v) is 6.30. The first-order chi connectivity index (χ1) is 9.97. The topological polar surface area (TPSA) is 102 Å². The van der Waals surface area contributed by atoms with Gasteiger partial charge in [-0.15, -0.1) is 0 Å². The van der Waals surface area contributed by atoms with Crippen molar-refractivity contribution in [1.82, 2.24) is 0 Å². The first-order valence-electron chi connectivity index (χ1n) is 6.30. The fourth-order valence-corrected chi connectivity index (χ4v) is 2.46. The van der Waals surface area contributed by atoms with E-state index in [-0.39, 0.29) is 17.8 Å². The lowest BCUT2D eigenvalue weighted by atomic mass is 10.1. The molecule has 8 nitrogen and oxygen atoms in total. The monoisotopic (exact) mass is 296 g/mol. The molecule has 1 fully saturated rings. The van der Waals surface area contributed by atoms with E-state index in [0.29, 0.717) is 18.8 Å². The van der Waals surface area contributed by atoms with E-state index in [2.05, 4.69) is 0 Å². The Morgan fingerprint density at radius 2 is 1.90 bits per heavy atom. The molecule has 2 unspecified atom stereocenters. The van der Waals surface area contributed by atoms with Gasteiger partial charge in [-0.2, -0.15) is 0 Å². The lowest BCUT2D eigenvalue weighted by Crippen LogP contribution is -2.27. The maximum Gasteiger partial charge on any atom is 0.342 e. The summed E-state index contributed by atoms with van der Waals surface area (Å²) >= 11 is 0. The van der Waals surface area contributed by atoms with Crippen molar-refractivity contribution in [3.05, 3.63) is 33.9 Å². The molecule has 1 N–H and O–H groups in total. The Morgan fingerprint density at radius 1 is 1.33 bits per heavy atom. The van der Waals surface area contributed by atoms with Crippen molar-refractivity contribution in [3.63, 3.8) is 0 Å². The lowest BCUT2D eigenvalue weighted by molar-refractivity contribution is -0.385. The molecule has 0 radical (unpaired) electrons. The van der Waals surface area contributed by atoms with Gasteiger partial charge in [0.05, 0.1) is 4.92 Å². The zero-order valence-electron chi connectivity index (χ0n) is 11.7. The summed E-state index contributed by atoms with van der Waals surface area (Å²) in [5, 5.41) is 20.0. The number of anilines is 1.